The number of aromatic hydroxyl groups is 1. The maximum Gasteiger partial charge on any atom is 0.235 e. The molecule has 1 aliphatic rings. The van der Waals surface area contributed by atoms with Gasteiger partial charge in [-0.25, -0.2) is 0 Å². The van der Waals surface area contributed by atoms with E-state index in [9.17, 15) is 9.90 Å². The van der Waals surface area contributed by atoms with Crippen LogP contribution >= 0.6 is 15.9 Å². The lowest BCUT2D eigenvalue weighted by molar-refractivity contribution is -0.137. The first-order valence-corrected chi connectivity index (χ1v) is 8.00. The maximum absolute atomic E-state index is 12.6. The van der Waals surface area contributed by atoms with Crippen LogP contribution in [-0.2, 0) is 4.79 Å². The Morgan fingerprint density at radius 3 is 2.41 bits per heavy atom. The van der Waals surface area contributed by atoms with Gasteiger partial charge in [0.25, 0.3) is 0 Å². The molecule has 1 saturated heterocycles. The van der Waals surface area contributed by atoms with E-state index < -0.39 is 5.41 Å². The number of benzene rings is 2. The van der Waals surface area contributed by atoms with Gasteiger partial charge in [0.1, 0.15) is 5.75 Å². The minimum Gasteiger partial charge on any atom is -0.508 e. The summed E-state index contributed by atoms with van der Waals surface area (Å²) in [6.07, 6.45) is 0. The minimum atomic E-state index is -0.539. The third kappa shape index (κ3) is 2.22. The number of halogens is 1. The predicted octanol–water partition coefficient (Wildman–Crippen LogP) is 4.58. The highest BCUT2D eigenvalue weighted by Crippen LogP contribution is 2.53. The van der Waals surface area contributed by atoms with Crippen LogP contribution in [0, 0.1) is 12.3 Å². The lowest BCUT2D eigenvalue weighted by atomic mass is 9.70. The highest BCUT2D eigenvalue weighted by Gasteiger charge is 2.56. The van der Waals surface area contributed by atoms with Crippen LogP contribution in [0.4, 0.5) is 5.69 Å². The summed E-state index contributed by atoms with van der Waals surface area (Å²) in [7, 11) is 0. The third-order valence-electron chi connectivity index (χ3n) is 4.31. The maximum atomic E-state index is 12.6. The van der Waals surface area contributed by atoms with Crippen molar-refractivity contribution in [2.24, 2.45) is 5.41 Å². The fraction of sp³-hybridized carbons (Fsp3) is 0.278. The van der Waals surface area contributed by atoms with Gasteiger partial charge in [0.15, 0.2) is 0 Å². The second-order valence-electron chi connectivity index (χ2n) is 6.34. The van der Waals surface area contributed by atoms with Crippen LogP contribution in [0.1, 0.15) is 31.0 Å². The molecule has 1 N–H and O–H groups in total. The standard InChI is InChI=1S/C18H18BrNO2/c1-11-4-7-13(8-5-11)20-16(18(2,3)17(20)22)14-10-12(19)6-9-15(14)21/h4-10,16,21H,1-3H3/t16-/m1/s1. The molecule has 1 heterocycles. The van der Waals surface area contributed by atoms with Gasteiger partial charge >= 0.3 is 0 Å². The average molecular weight is 360 g/mol. The fourth-order valence-corrected chi connectivity index (χ4v) is 3.42. The number of amides is 1. The zero-order valence-electron chi connectivity index (χ0n) is 12.8. The van der Waals surface area contributed by atoms with Gasteiger partial charge < -0.3 is 10.0 Å². The Morgan fingerprint density at radius 1 is 1.14 bits per heavy atom. The summed E-state index contributed by atoms with van der Waals surface area (Å²) in [5.74, 6) is 0.284. The molecule has 1 atom stereocenters. The molecule has 1 amide bonds. The molecule has 0 unspecified atom stereocenters. The highest BCUT2D eigenvalue weighted by atomic mass is 79.9. The van der Waals surface area contributed by atoms with Gasteiger partial charge in [0.2, 0.25) is 5.91 Å². The van der Waals surface area contributed by atoms with Gasteiger partial charge in [0.05, 0.1) is 11.5 Å². The van der Waals surface area contributed by atoms with Crippen LogP contribution in [0.15, 0.2) is 46.9 Å². The zero-order chi connectivity index (χ0) is 16.1. The molecular weight excluding hydrogens is 342 g/mol. The van der Waals surface area contributed by atoms with Crippen LogP contribution in [-0.4, -0.2) is 11.0 Å². The van der Waals surface area contributed by atoms with E-state index in [0.29, 0.717) is 0 Å². The molecule has 2 aromatic rings. The van der Waals surface area contributed by atoms with Gasteiger partial charge in [-0.05, 0) is 51.1 Å². The van der Waals surface area contributed by atoms with Crippen molar-refractivity contribution in [1.29, 1.82) is 0 Å². The number of aryl methyl sites for hydroxylation is 1. The number of hydrogen-bond donors (Lipinski definition) is 1. The number of rotatable bonds is 2. The molecule has 4 heteroatoms. The fourth-order valence-electron chi connectivity index (χ4n) is 3.05. The van der Waals surface area contributed by atoms with E-state index in [4.69, 9.17) is 0 Å². The van der Waals surface area contributed by atoms with E-state index in [1.807, 2.05) is 51.1 Å². The second kappa shape index (κ2) is 5.13. The Hall–Kier alpha value is -1.81. The van der Waals surface area contributed by atoms with Crippen LogP contribution in [0.2, 0.25) is 0 Å². The Balaban J connectivity index is 2.08. The molecule has 3 rings (SSSR count). The number of anilines is 1. The molecule has 1 fully saturated rings. The zero-order valence-corrected chi connectivity index (χ0v) is 14.4. The Kier molecular flexibility index (Phi) is 3.52. The van der Waals surface area contributed by atoms with Gasteiger partial charge in [-0.15, -0.1) is 0 Å². The summed E-state index contributed by atoms with van der Waals surface area (Å²) in [5, 5.41) is 10.2. The van der Waals surface area contributed by atoms with Crippen LogP contribution in [0.3, 0.4) is 0 Å². The van der Waals surface area contributed by atoms with Crippen LogP contribution in [0.25, 0.3) is 0 Å². The van der Waals surface area contributed by atoms with Gasteiger partial charge in [-0.1, -0.05) is 33.6 Å². The topological polar surface area (TPSA) is 40.5 Å². The van der Waals surface area contributed by atoms with E-state index in [2.05, 4.69) is 15.9 Å². The quantitative estimate of drug-likeness (QED) is 0.797. The van der Waals surface area contributed by atoms with E-state index in [1.54, 1.807) is 17.0 Å². The van der Waals surface area contributed by atoms with Crippen molar-refractivity contribution in [3.05, 3.63) is 58.1 Å². The van der Waals surface area contributed by atoms with E-state index >= 15 is 0 Å². The summed E-state index contributed by atoms with van der Waals surface area (Å²) in [4.78, 5) is 14.3. The second-order valence-corrected chi connectivity index (χ2v) is 7.25. The van der Waals surface area contributed by atoms with Crippen LogP contribution < -0.4 is 4.90 Å². The summed E-state index contributed by atoms with van der Waals surface area (Å²) in [6.45, 7) is 5.86. The molecule has 114 valence electrons. The van der Waals surface area contributed by atoms with Crippen molar-refractivity contribution in [2.75, 3.05) is 4.90 Å². The normalized spacial score (nSPS) is 19.9. The van der Waals surface area contributed by atoms with Gasteiger partial charge in [-0.3, -0.25) is 4.79 Å². The molecule has 0 aliphatic carbocycles. The number of carbonyl (C=O) groups excluding carboxylic acids is 1. The minimum absolute atomic E-state index is 0.0701. The molecule has 22 heavy (non-hydrogen) atoms. The number of nitrogens with zero attached hydrogens (tertiary/aromatic N) is 1. The SMILES string of the molecule is Cc1ccc(N2C(=O)C(C)(C)[C@H]2c2cc(Br)ccc2O)cc1. The molecule has 0 aromatic heterocycles. The molecule has 0 radical (unpaired) electrons. The summed E-state index contributed by atoms with van der Waals surface area (Å²) < 4.78 is 0.888. The average Bonchev–Trinajstić information content (AvgIpc) is 2.48. The molecule has 0 saturated carbocycles. The van der Waals surface area contributed by atoms with Crippen molar-refractivity contribution in [2.45, 2.75) is 26.8 Å². The molecule has 2 aromatic carbocycles. The number of hydrogen-bond acceptors (Lipinski definition) is 2. The molecule has 1 aliphatic heterocycles. The Labute approximate surface area is 138 Å². The van der Waals surface area contributed by atoms with Gasteiger partial charge in [-0.2, -0.15) is 0 Å². The highest BCUT2D eigenvalue weighted by molar-refractivity contribution is 9.10. The largest absolute Gasteiger partial charge is 0.508 e. The number of carbonyl (C=O) groups is 1. The Bertz CT molecular complexity index is 737. The summed E-state index contributed by atoms with van der Waals surface area (Å²) in [6, 6.07) is 13.0. The summed E-state index contributed by atoms with van der Waals surface area (Å²) in [5.41, 5.74) is 2.24. The van der Waals surface area contributed by atoms with Gasteiger partial charge in [0, 0.05) is 15.7 Å². The number of β-lactam (4-membered cyclic amide) rings is 1. The first-order valence-electron chi connectivity index (χ1n) is 7.21. The third-order valence-corrected chi connectivity index (χ3v) is 4.80. The number of phenolic OH excluding ortho intramolecular Hbond substituents is 1. The van der Waals surface area contributed by atoms with Crippen molar-refractivity contribution in [1.82, 2.24) is 0 Å². The molecular formula is C18H18BrNO2. The molecule has 0 bridgehead atoms. The molecule has 0 spiro atoms. The summed E-state index contributed by atoms with van der Waals surface area (Å²) >= 11 is 3.44. The molecule has 3 nitrogen and oxygen atoms in total. The van der Waals surface area contributed by atoms with E-state index in [1.165, 1.54) is 0 Å². The number of phenols is 1. The van der Waals surface area contributed by atoms with Crippen molar-refractivity contribution in [3.8, 4) is 5.75 Å². The van der Waals surface area contributed by atoms with Crippen LogP contribution in [0.5, 0.6) is 5.75 Å². The smallest absolute Gasteiger partial charge is 0.235 e. The predicted molar refractivity (Wildman–Crippen MR) is 91.0 cm³/mol. The lowest BCUT2D eigenvalue weighted by Crippen LogP contribution is -2.61. The first-order chi connectivity index (χ1) is 10.3. The van der Waals surface area contributed by atoms with Crippen molar-refractivity contribution in [3.63, 3.8) is 0 Å². The van der Waals surface area contributed by atoms with E-state index in [-0.39, 0.29) is 17.7 Å². The monoisotopic (exact) mass is 359 g/mol. The first kappa shape index (κ1) is 15.1. The lowest BCUT2D eigenvalue weighted by Gasteiger charge is -2.53. The van der Waals surface area contributed by atoms with Crippen molar-refractivity contribution < 1.29 is 9.90 Å². The van der Waals surface area contributed by atoms with E-state index in [0.717, 1.165) is 21.3 Å². The Morgan fingerprint density at radius 2 is 1.77 bits per heavy atom. The van der Waals surface area contributed by atoms with Crippen molar-refractivity contribution >= 4 is 27.5 Å².